The van der Waals surface area contributed by atoms with Crippen molar-refractivity contribution in [3.05, 3.63) is 29.8 Å². The molecule has 1 unspecified atom stereocenters. The molecule has 0 heterocycles. The van der Waals surface area contributed by atoms with Crippen molar-refractivity contribution < 1.29 is 14.3 Å². The molecular formula is C15H23NO3. The molecule has 0 aliphatic carbocycles. The van der Waals surface area contributed by atoms with Gasteiger partial charge in [-0.05, 0) is 26.5 Å². The lowest BCUT2D eigenvalue weighted by molar-refractivity contribution is -0.146. The lowest BCUT2D eigenvalue weighted by atomic mass is 10.1. The van der Waals surface area contributed by atoms with Crippen LogP contribution < -0.4 is 10.1 Å². The van der Waals surface area contributed by atoms with Crippen molar-refractivity contribution in [1.82, 2.24) is 5.32 Å². The highest BCUT2D eigenvalue weighted by molar-refractivity contribution is 5.71. The number of hydrogen-bond donors (Lipinski definition) is 1. The average molecular weight is 265 g/mol. The monoisotopic (exact) mass is 265 g/mol. The van der Waals surface area contributed by atoms with Crippen LogP contribution in [0, 0.1) is 0 Å². The van der Waals surface area contributed by atoms with Gasteiger partial charge >= 0.3 is 5.97 Å². The summed E-state index contributed by atoms with van der Waals surface area (Å²) in [6, 6.07) is 7.87. The molecule has 0 aromatic heterocycles. The van der Waals surface area contributed by atoms with Crippen LogP contribution in [0.2, 0.25) is 0 Å². The summed E-state index contributed by atoms with van der Waals surface area (Å²) in [5.74, 6) is 0.400. The predicted octanol–water partition coefficient (Wildman–Crippen LogP) is 2.69. The minimum Gasteiger partial charge on any atom is -0.482 e. The number of hydrogen-bond acceptors (Lipinski definition) is 4. The second-order valence-electron chi connectivity index (χ2n) is 4.41. The zero-order valence-corrected chi connectivity index (χ0v) is 11.9. The van der Waals surface area contributed by atoms with Crippen LogP contribution in [0.1, 0.15) is 38.3 Å². The average Bonchev–Trinajstić information content (AvgIpc) is 2.45. The highest BCUT2D eigenvalue weighted by Crippen LogP contribution is 2.24. The fourth-order valence-corrected chi connectivity index (χ4v) is 1.63. The molecule has 0 spiro atoms. The molecule has 0 amide bonds. The summed E-state index contributed by atoms with van der Waals surface area (Å²) in [5.41, 5.74) is 1.03. The summed E-state index contributed by atoms with van der Waals surface area (Å²) in [6.07, 6.45) is 1.90. The van der Waals surface area contributed by atoms with Crippen molar-refractivity contribution in [3.8, 4) is 5.75 Å². The third kappa shape index (κ3) is 5.30. The third-order valence-corrected chi connectivity index (χ3v) is 2.92. The Morgan fingerprint density at radius 2 is 2.11 bits per heavy atom. The third-order valence-electron chi connectivity index (χ3n) is 2.92. The van der Waals surface area contributed by atoms with E-state index in [9.17, 15) is 4.79 Å². The van der Waals surface area contributed by atoms with E-state index < -0.39 is 0 Å². The van der Waals surface area contributed by atoms with Gasteiger partial charge in [-0.2, -0.15) is 0 Å². The standard InChI is InChI=1S/C15H23NO3/c1-4-5-10-18-15(17)11-19-14-9-7-6-8-13(14)12(2)16-3/h6-9,12,16H,4-5,10-11H2,1-3H3. The van der Waals surface area contributed by atoms with Crippen molar-refractivity contribution in [2.45, 2.75) is 32.7 Å². The Hall–Kier alpha value is -1.55. The van der Waals surface area contributed by atoms with Gasteiger partial charge in [-0.1, -0.05) is 31.5 Å². The van der Waals surface area contributed by atoms with E-state index in [4.69, 9.17) is 9.47 Å². The molecule has 1 atom stereocenters. The van der Waals surface area contributed by atoms with E-state index in [0.29, 0.717) is 6.61 Å². The number of rotatable bonds is 8. The van der Waals surface area contributed by atoms with Gasteiger partial charge in [0.1, 0.15) is 5.75 Å². The molecule has 0 aliphatic heterocycles. The van der Waals surface area contributed by atoms with Gasteiger partial charge in [-0.15, -0.1) is 0 Å². The molecule has 0 radical (unpaired) electrons. The SMILES string of the molecule is CCCCOC(=O)COc1ccccc1C(C)NC. The molecule has 0 aliphatic rings. The first-order valence-electron chi connectivity index (χ1n) is 6.73. The lowest BCUT2D eigenvalue weighted by Crippen LogP contribution is -2.18. The number of para-hydroxylation sites is 1. The Morgan fingerprint density at radius 1 is 1.37 bits per heavy atom. The number of nitrogens with one attached hydrogen (secondary N) is 1. The van der Waals surface area contributed by atoms with Gasteiger partial charge in [0.05, 0.1) is 6.61 Å². The number of ether oxygens (including phenoxy) is 2. The number of carbonyl (C=O) groups is 1. The highest BCUT2D eigenvalue weighted by atomic mass is 16.6. The van der Waals surface area contributed by atoms with Gasteiger partial charge in [0.2, 0.25) is 0 Å². The van der Waals surface area contributed by atoms with Crippen LogP contribution in [0.5, 0.6) is 5.75 Å². The van der Waals surface area contributed by atoms with Crippen molar-refractivity contribution in [2.75, 3.05) is 20.3 Å². The van der Waals surface area contributed by atoms with Gasteiger partial charge in [0.25, 0.3) is 0 Å². The molecule has 1 aromatic carbocycles. The molecule has 0 saturated heterocycles. The van der Waals surface area contributed by atoms with Crippen molar-refractivity contribution in [2.24, 2.45) is 0 Å². The first-order valence-corrected chi connectivity index (χ1v) is 6.73. The Balaban J connectivity index is 2.50. The maximum atomic E-state index is 11.5. The van der Waals surface area contributed by atoms with Crippen molar-refractivity contribution in [3.63, 3.8) is 0 Å². The van der Waals surface area contributed by atoms with Crippen LogP contribution in [0.15, 0.2) is 24.3 Å². The smallest absolute Gasteiger partial charge is 0.344 e. The molecule has 1 aromatic rings. The molecule has 4 nitrogen and oxygen atoms in total. The quantitative estimate of drug-likeness (QED) is 0.580. The summed E-state index contributed by atoms with van der Waals surface area (Å²) in [5, 5.41) is 3.15. The molecule has 19 heavy (non-hydrogen) atoms. The van der Waals surface area contributed by atoms with E-state index in [-0.39, 0.29) is 18.6 Å². The van der Waals surface area contributed by atoms with Crippen molar-refractivity contribution in [1.29, 1.82) is 0 Å². The van der Waals surface area contributed by atoms with E-state index >= 15 is 0 Å². The zero-order chi connectivity index (χ0) is 14.1. The fourth-order valence-electron chi connectivity index (χ4n) is 1.63. The molecule has 4 heteroatoms. The van der Waals surface area contributed by atoms with E-state index in [1.165, 1.54) is 0 Å². The van der Waals surface area contributed by atoms with Crippen LogP contribution in [0.4, 0.5) is 0 Å². The van der Waals surface area contributed by atoms with Gasteiger partial charge in [0, 0.05) is 11.6 Å². The number of unbranched alkanes of at least 4 members (excludes halogenated alkanes) is 1. The second-order valence-corrected chi connectivity index (χ2v) is 4.41. The largest absolute Gasteiger partial charge is 0.482 e. The van der Waals surface area contributed by atoms with Crippen LogP contribution in [-0.2, 0) is 9.53 Å². The van der Waals surface area contributed by atoms with Crippen LogP contribution in [-0.4, -0.2) is 26.2 Å². The summed E-state index contributed by atoms with van der Waals surface area (Å²) in [6.45, 7) is 4.52. The molecule has 0 bridgehead atoms. The van der Waals surface area contributed by atoms with Crippen LogP contribution in [0.3, 0.4) is 0 Å². The van der Waals surface area contributed by atoms with Crippen molar-refractivity contribution >= 4 is 5.97 Å². The number of esters is 1. The predicted molar refractivity (Wildman–Crippen MR) is 75.3 cm³/mol. The van der Waals surface area contributed by atoms with Gasteiger partial charge in [-0.3, -0.25) is 0 Å². The summed E-state index contributed by atoms with van der Waals surface area (Å²) in [7, 11) is 1.89. The molecule has 0 fully saturated rings. The first kappa shape index (κ1) is 15.5. The molecule has 1 N–H and O–H groups in total. The molecular weight excluding hydrogens is 242 g/mol. The fraction of sp³-hybridized carbons (Fsp3) is 0.533. The number of carbonyl (C=O) groups excluding carboxylic acids is 1. The maximum absolute atomic E-state index is 11.5. The Labute approximate surface area is 115 Å². The Bertz CT molecular complexity index is 393. The van der Waals surface area contributed by atoms with Crippen LogP contribution in [0.25, 0.3) is 0 Å². The zero-order valence-electron chi connectivity index (χ0n) is 11.9. The van der Waals surface area contributed by atoms with E-state index in [2.05, 4.69) is 12.2 Å². The van der Waals surface area contributed by atoms with E-state index in [1.54, 1.807) is 0 Å². The number of benzene rings is 1. The Morgan fingerprint density at radius 3 is 2.79 bits per heavy atom. The summed E-state index contributed by atoms with van der Waals surface area (Å²) < 4.78 is 10.6. The van der Waals surface area contributed by atoms with Gasteiger partial charge in [-0.25, -0.2) is 4.79 Å². The minimum atomic E-state index is -0.319. The first-order chi connectivity index (χ1) is 9.19. The van der Waals surface area contributed by atoms with Gasteiger partial charge < -0.3 is 14.8 Å². The van der Waals surface area contributed by atoms with E-state index in [0.717, 1.165) is 24.2 Å². The maximum Gasteiger partial charge on any atom is 0.344 e. The van der Waals surface area contributed by atoms with E-state index in [1.807, 2.05) is 38.2 Å². The van der Waals surface area contributed by atoms with Gasteiger partial charge in [0.15, 0.2) is 6.61 Å². The Kier molecular flexibility index (Phi) is 6.97. The van der Waals surface area contributed by atoms with Crippen LogP contribution >= 0.6 is 0 Å². The second kappa shape index (κ2) is 8.53. The molecule has 106 valence electrons. The minimum absolute atomic E-state index is 0.0445. The lowest BCUT2D eigenvalue weighted by Gasteiger charge is -2.16. The topological polar surface area (TPSA) is 47.6 Å². The normalized spacial score (nSPS) is 11.9. The highest BCUT2D eigenvalue weighted by Gasteiger charge is 2.11. The molecule has 1 rings (SSSR count). The summed E-state index contributed by atoms with van der Waals surface area (Å²) in [4.78, 5) is 11.5. The summed E-state index contributed by atoms with van der Waals surface area (Å²) >= 11 is 0. The molecule has 0 saturated carbocycles.